The molecule has 0 radical (unpaired) electrons. The maximum atomic E-state index is 13.0. The van der Waals surface area contributed by atoms with Crippen LogP contribution in [-0.4, -0.2) is 22.4 Å². The van der Waals surface area contributed by atoms with Crippen LogP contribution in [0.4, 0.5) is 18.9 Å². The van der Waals surface area contributed by atoms with Crippen LogP contribution < -0.4 is 16.6 Å². The fourth-order valence-corrected chi connectivity index (χ4v) is 3.51. The second-order valence-corrected chi connectivity index (χ2v) is 7.93. The van der Waals surface area contributed by atoms with Crippen LogP contribution in [-0.2, 0) is 23.9 Å². The Morgan fingerprint density at radius 3 is 2.58 bits per heavy atom. The number of nitrogens with zero attached hydrogens (tertiary/aromatic N) is 1. The number of rotatable bonds is 6. The van der Waals surface area contributed by atoms with Gasteiger partial charge in [0.05, 0.1) is 22.4 Å². The highest BCUT2D eigenvalue weighted by Crippen LogP contribution is 2.35. The lowest BCUT2D eigenvalue weighted by Crippen LogP contribution is -2.28. The first kappa shape index (κ1) is 23.1. The first-order valence-electron chi connectivity index (χ1n) is 9.22. The van der Waals surface area contributed by atoms with Gasteiger partial charge in [0, 0.05) is 35.7 Å². The van der Waals surface area contributed by atoms with Crippen molar-refractivity contribution in [2.75, 3.05) is 11.9 Å². The van der Waals surface area contributed by atoms with Gasteiger partial charge in [0.2, 0.25) is 5.91 Å². The summed E-state index contributed by atoms with van der Waals surface area (Å²) in [7, 11) is 0. The number of anilines is 1. The van der Waals surface area contributed by atoms with Gasteiger partial charge < -0.3 is 15.6 Å². The van der Waals surface area contributed by atoms with E-state index in [9.17, 15) is 22.8 Å². The molecular weight excluding hydrogens is 454 g/mol. The molecule has 0 fully saturated rings. The standard InChI is InChI=1S/C21H18Cl2F3N3O2/c22-13(10-27)11-29-7-6-14-15(20(29)31)2-1-3-18(14)28-19(30)9-12-4-5-17(23)16(8-12)21(24,25)26/h1-8,13H,9-11,27H2,(H,28,30). The number of pyridine rings is 1. The first-order chi connectivity index (χ1) is 14.6. The van der Waals surface area contributed by atoms with Crippen molar-refractivity contribution in [2.24, 2.45) is 5.73 Å². The first-order valence-corrected chi connectivity index (χ1v) is 10.0. The molecule has 0 spiro atoms. The number of carbonyl (C=O) groups excluding carboxylic acids is 1. The van der Waals surface area contributed by atoms with Gasteiger partial charge in [-0.1, -0.05) is 23.7 Å². The molecule has 2 aromatic carbocycles. The van der Waals surface area contributed by atoms with Crippen molar-refractivity contribution in [3.63, 3.8) is 0 Å². The molecule has 0 saturated carbocycles. The van der Waals surface area contributed by atoms with Gasteiger partial charge in [0.1, 0.15) is 0 Å². The Morgan fingerprint density at radius 1 is 1.16 bits per heavy atom. The molecule has 0 bridgehead atoms. The highest BCUT2D eigenvalue weighted by Gasteiger charge is 2.33. The van der Waals surface area contributed by atoms with E-state index in [1.807, 2.05) is 0 Å². The molecule has 10 heteroatoms. The SMILES string of the molecule is NCC(Cl)Cn1ccc2c(NC(=O)Cc3ccc(Cl)c(C(F)(F)F)c3)cccc2c1=O. The van der Waals surface area contributed by atoms with E-state index in [-0.39, 0.29) is 30.6 Å². The second kappa shape index (κ2) is 9.30. The Kier molecular flexibility index (Phi) is 6.93. The van der Waals surface area contributed by atoms with Crippen LogP contribution in [0, 0.1) is 0 Å². The predicted molar refractivity (Wildman–Crippen MR) is 116 cm³/mol. The number of alkyl halides is 4. The molecule has 164 valence electrons. The zero-order chi connectivity index (χ0) is 22.8. The highest BCUT2D eigenvalue weighted by atomic mass is 35.5. The zero-order valence-electron chi connectivity index (χ0n) is 16.0. The van der Waals surface area contributed by atoms with Crippen molar-refractivity contribution in [3.8, 4) is 0 Å². The minimum Gasteiger partial charge on any atom is -0.329 e. The van der Waals surface area contributed by atoms with Crippen molar-refractivity contribution in [1.29, 1.82) is 0 Å². The van der Waals surface area contributed by atoms with E-state index < -0.39 is 28.0 Å². The molecule has 1 atom stereocenters. The molecule has 1 heterocycles. The van der Waals surface area contributed by atoms with Crippen LogP contribution in [0.15, 0.2) is 53.5 Å². The summed E-state index contributed by atoms with van der Waals surface area (Å²) in [5.74, 6) is -0.531. The summed E-state index contributed by atoms with van der Waals surface area (Å²) in [5.41, 5.74) is 4.74. The number of aromatic nitrogens is 1. The molecular formula is C21H18Cl2F3N3O2. The third-order valence-electron chi connectivity index (χ3n) is 4.64. The van der Waals surface area contributed by atoms with Crippen LogP contribution in [0.2, 0.25) is 5.02 Å². The van der Waals surface area contributed by atoms with Gasteiger partial charge >= 0.3 is 6.18 Å². The Balaban J connectivity index is 1.84. The Morgan fingerprint density at radius 2 is 1.90 bits per heavy atom. The summed E-state index contributed by atoms with van der Waals surface area (Å²) in [6, 6.07) is 9.81. The molecule has 5 nitrogen and oxygen atoms in total. The molecule has 3 aromatic rings. The van der Waals surface area contributed by atoms with E-state index >= 15 is 0 Å². The van der Waals surface area contributed by atoms with Gasteiger partial charge in [-0.05, 0) is 35.9 Å². The number of amides is 1. The molecule has 3 rings (SSSR count). The fraction of sp³-hybridized carbons (Fsp3) is 0.238. The van der Waals surface area contributed by atoms with E-state index in [0.717, 1.165) is 12.1 Å². The lowest BCUT2D eigenvalue weighted by atomic mass is 10.1. The number of halogens is 5. The van der Waals surface area contributed by atoms with Gasteiger partial charge in [-0.3, -0.25) is 9.59 Å². The number of fused-ring (bicyclic) bond motifs is 1. The lowest BCUT2D eigenvalue weighted by molar-refractivity contribution is -0.137. The Labute approximate surface area is 185 Å². The van der Waals surface area contributed by atoms with Crippen LogP contribution in [0.5, 0.6) is 0 Å². The van der Waals surface area contributed by atoms with Gasteiger partial charge in [-0.15, -0.1) is 11.6 Å². The summed E-state index contributed by atoms with van der Waals surface area (Å²) in [6.45, 7) is 0.449. The lowest BCUT2D eigenvalue weighted by Gasteiger charge is -2.13. The summed E-state index contributed by atoms with van der Waals surface area (Å²) in [4.78, 5) is 25.2. The predicted octanol–water partition coefficient (Wildman–Crippen LogP) is 4.42. The van der Waals surface area contributed by atoms with E-state index in [1.54, 1.807) is 30.5 Å². The molecule has 3 N–H and O–H groups in total. The van der Waals surface area contributed by atoms with E-state index in [2.05, 4.69) is 5.32 Å². The van der Waals surface area contributed by atoms with Crippen LogP contribution >= 0.6 is 23.2 Å². The largest absolute Gasteiger partial charge is 0.417 e. The van der Waals surface area contributed by atoms with Crippen molar-refractivity contribution in [2.45, 2.75) is 24.5 Å². The minimum absolute atomic E-state index is 0.159. The zero-order valence-corrected chi connectivity index (χ0v) is 17.6. The van der Waals surface area contributed by atoms with Crippen molar-refractivity contribution >= 4 is 45.6 Å². The maximum Gasteiger partial charge on any atom is 0.417 e. The van der Waals surface area contributed by atoms with Gasteiger partial charge in [-0.2, -0.15) is 13.2 Å². The van der Waals surface area contributed by atoms with Crippen LogP contribution in [0.1, 0.15) is 11.1 Å². The van der Waals surface area contributed by atoms with Gasteiger partial charge in [-0.25, -0.2) is 0 Å². The number of hydrogen-bond acceptors (Lipinski definition) is 3. The third-order valence-corrected chi connectivity index (χ3v) is 5.29. The highest BCUT2D eigenvalue weighted by molar-refractivity contribution is 6.31. The smallest absolute Gasteiger partial charge is 0.329 e. The quantitative estimate of drug-likeness (QED) is 0.522. The van der Waals surface area contributed by atoms with Crippen LogP contribution in [0.3, 0.4) is 0 Å². The molecule has 1 amide bonds. The van der Waals surface area contributed by atoms with E-state index in [4.69, 9.17) is 28.9 Å². The second-order valence-electron chi connectivity index (χ2n) is 6.91. The average molecular weight is 472 g/mol. The van der Waals surface area contributed by atoms with Crippen molar-refractivity contribution in [3.05, 3.63) is 75.2 Å². The number of carbonyl (C=O) groups is 1. The van der Waals surface area contributed by atoms with Crippen LogP contribution in [0.25, 0.3) is 10.8 Å². The van der Waals surface area contributed by atoms with Gasteiger partial charge in [0.15, 0.2) is 0 Å². The summed E-state index contributed by atoms with van der Waals surface area (Å²) < 4.78 is 40.5. The third kappa shape index (κ3) is 5.39. The fourth-order valence-electron chi connectivity index (χ4n) is 3.14. The topological polar surface area (TPSA) is 77.1 Å². The Hall–Kier alpha value is -2.55. The monoisotopic (exact) mass is 471 g/mol. The number of nitrogens with one attached hydrogen (secondary N) is 1. The number of nitrogens with two attached hydrogens (primary N) is 1. The summed E-state index contributed by atoms with van der Waals surface area (Å²) >= 11 is 11.6. The van der Waals surface area contributed by atoms with E-state index in [1.165, 1.54) is 10.6 Å². The molecule has 1 aromatic heterocycles. The Bertz CT molecular complexity index is 1180. The average Bonchev–Trinajstić information content (AvgIpc) is 2.71. The van der Waals surface area contributed by atoms with Crippen molar-refractivity contribution in [1.82, 2.24) is 4.57 Å². The molecule has 31 heavy (non-hydrogen) atoms. The molecule has 0 saturated heterocycles. The molecule has 1 unspecified atom stereocenters. The molecule has 0 aliphatic carbocycles. The number of benzene rings is 2. The molecule has 0 aliphatic heterocycles. The minimum atomic E-state index is -4.62. The normalized spacial score (nSPS) is 12.7. The van der Waals surface area contributed by atoms with E-state index in [0.29, 0.717) is 16.5 Å². The molecule has 0 aliphatic rings. The summed E-state index contributed by atoms with van der Waals surface area (Å²) in [5, 5.41) is 2.69. The summed E-state index contributed by atoms with van der Waals surface area (Å²) in [6.07, 6.45) is -3.36. The van der Waals surface area contributed by atoms with Gasteiger partial charge in [0.25, 0.3) is 5.56 Å². The van der Waals surface area contributed by atoms with Crippen molar-refractivity contribution < 1.29 is 18.0 Å². The maximum absolute atomic E-state index is 13.0. The number of hydrogen-bond donors (Lipinski definition) is 2.